The molecule has 2 heterocycles. The second-order valence-corrected chi connectivity index (χ2v) is 6.66. The molecule has 1 aliphatic heterocycles. The van der Waals surface area contributed by atoms with E-state index in [1.807, 2.05) is 17.5 Å². The highest BCUT2D eigenvalue weighted by atomic mass is 32.1. The van der Waals surface area contributed by atoms with E-state index in [9.17, 15) is 19.5 Å². The van der Waals surface area contributed by atoms with Gasteiger partial charge in [0.2, 0.25) is 0 Å². The largest absolute Gasteiger partial charge is 0.503 e. The highest BCUT2D eigenvalue weighted by molar-refractivity contribution is 7.10. The van der Waals surface area contributed by atoms with E-state index < -0.39 is 23.7 Å². The zero-order valence-corrected chi connectivity index (χ0v) is 15.1. The Hall–Kier alpha value is -2.93. The molecule has 1 N–H and O–H groups in total. The van der Waals surface area contributed by atoms with Crippen LogP contribution in [0.3, 0.4) is 0 Å². The molecule has 1 unspecified atom stereocenters. The van der Waals surface area contributed by atoms with E-state index >= 15 is 0 Å². The maximum Gasteiger partial charge on any atom is 0.338 e. The molecule has 1 aromatic heterocycles. The summed E-state index contributed by atoms with van der Waals surface area (Å²) in [4.78, 5) is 38.6. The number of amides is 1. The minimum absolute atomic E-state index is 0.0759. The van der Waals surface area contributed by atoms with Gasteiger partial charge in [0.1, 0.15) is 6.04 Å². The van der Waals surface area contributed by atoms with Crippen molar-refractivity contribution in [2.24, 2.45) is 0 Å². The predicted octanol–water partition coefficient (Wildman–Crippen LogP) is 3.41. The Kier molecular flexibility index (Phi) is 4.90. The Morgan fingerprint density at radius 1 is 1.23 bits per heavy atom. The van der Waals surface area contributed by atoms with Crippen LogP contribution in [0, 0.1) is 0 Å². The van der Waals surface area contributed by atoms with Crippen molar-refractivity contribution in [1.82, 2.24) is 0 Å². The Balaban J connectivity index is 2.02. The van der Waals surface area contributed by atoms with Crippen molar-refractivity contribution in [2.75, 3.05) is 11.5 Å². The highest BCUT2D eigenvalue weighted by Crippen LogP contribution is 2.42. The molecule has 7 heteroatoms. The number of carbonyl (C=O) groups is 3. The normalized spacial score (nSPS) is 16.9. The van der Waals surface area contributed by atoms with Gasteiger partial charge in [-0.05, 0) is 49.6 Å². The topological polar surface area (TPSA) is 83.9 Å². The van der Waals surface area contributed by atoms with Crippen molar-refractivity contribution in [2.45, 2.75) is 19.9 Å². The molecule has 2 aromatic rings. The van der Waals surface area contributed by atoms with Crippen LogP contribution in [0.25, 0.3) is 0 Å². The summed E-state index contributed by atoms with van der Waals surface area (Å²) in [6, 6.07) is 9.24. The molecule has 0 saturated carbocycles. The number of benzene rings is 1. The lowest BCUT2D eigenvalue weighted by atomic mass is 10.0. The molecule has 1 aliphatic rings. The number of carbonyl (C=O) groups excluding carboxylic acids is 3. The van der Waals surface area contributed by atoms with Gasteiger partial charge in [0, 0.05) is 10.6 Å². The van der Waals surface area contributed by atoms with Crippen LogP contribution in [0.1, 0.15) is 35.1 Å². The van der Waals surface area contributed by atoms with Gasteiger partial charge >= 0.3 is 5.97 Å². The third-order valence-corrected chi connectivity index (χ3v) is 4.98. The number of esters is 1. The summed E-state index contributed by atoms with van der Waals surface area (Å²) in [5.74, 6) is -1.99. The Morgan fingerprint density at radius 3 is 2.46 bits per heavy atom. The van der Waals surface area contributed by atoms with Crippen LogP contribution in [-0.4, -0.2) is 29.4 Å². The first-order valence-electron chi connectivity index (χ1n) is 8.04. The molecule has 1 amide bonds. The van der Waals surface area contributed by atoms with Crippen molar-refractivity contribution >= 4 is 34.7 Å². The van der Waals surface area contributed by atoms with Crippen molar-refractivity contribution in [3.63, 3.8) is 0 Å². The summed E-state index contributed by atoms with van der Waals surface area (Å²) in [5.41, 5.74) is 0.912. The third kappa shape index (κ3) is 3.01. The SMILES string of the molecule is CCOC(=O)c1ccc(N2C(=O)C(O)=C(C(C)=O)C2c2cccs2)cc1. The van der Waals surface area contributed by atoms with E-state index in [1.165, 1.54) is 23.2 Å². The second-order valence-electron chi connectivity index (χ2n) is 5.68. The lowest BCUT2D eigenvalue weighted by Gasteiger charge is -2.25. The quantitative estimate of drug-likeness (QED) is 0.814. The zero-order chi connectivity index (χ0) is 18.8. The number of aliphatic hydroxyl groups excluding tert-OH is 1. The summed E-state index contributed by atoms with van der Waals surface area (Å²) in [6.07, 6.45) is 0. The molecular formula is C19H17NO5S. The average molecular weight is 371 g/mol. The second kappa shape index (κ2) is 7.13. The molecule has 0 radical (unpaired) electrons. The fraction of sp³-hybridized carbons (Fsp3) is 0.211. The summed E-state index contributed by atoms with van der Waals surface area (Å²) in [6.45, 7) is 3.32. The van der Waals surface area contributed by atoms with Crippen LogP contribution in [0.4, 0.5) is 5.69 Å². The van der Waals surface area contributed by atoms with Crippen molar-refractivity contribution in [3.8, 4) is 0 Å². The molecule has 1 atom stereocenters. The van der Waals surface area contributed by atoms with E-state index in [4.69, 9.17) is 4.74 Å². The van der Waals surface area contributed by atoms with Crippen molar-refractivity contribution in [1.29, 1.82) is 0 Å². The number of Topliss-reactive ketones (excluding diaryl/α,β-unsaturated/α-hetero) is 1. The maximum atomic E-state index is 12.6. The predicted molar refractivity (Wildman–Crippen MR) is 97.3 cm³/mol. The molecular weight excluding hydrogens is 354 g/mol. The molecule has 6 nitrogen and oxygen atoms in total. The fourth-order valence-electron chi connectivity index (χ4n) is 2.92. The summed E-state index contributed by atoms with van der Waals surface area (Å²) < 4.78 is 4.95. The monoisotopic (exact) mass is 371 g/mol. The minimum atomic E-state index is -0.687. The molecule has 0 fully saturated rings. The molecule has 3 rings (SSSR count). The van der Waals surface area contributed by atoms with Crippen LogP contribution in [0.2, 0.25) is 0 Å². The number of nitrogens with zero attached hydrogens (tertiary/aromatic N) is 1. The van der Waals surface area contributed by atoms with E-state index in [0.29, 0.717) is 11.3 Å². The van der Waals surface area contributed by atoms with Gasteiger partial charge in [-0.3, -0.25) is 14.5 Å². The molecule has 0 aliphatic carbocycles. The zero-order valence-electron chi connectivity index (χ0n) is 14.3. The van der Waals surface area contributed by atoms with Gasteiger partial charge in [-0.25, -0.2) is 4.79 Å². The molecule has 0 bridgehead atoms. The number of hydrogen-bond donors (Lipinski definition) is 1. The van der Waals surface area contributed by atoms with Gasteiger partial charge in [-0.2, -0.15) is 0 Å². The first-order valence-corrected chi connectivity index (χ1v) is 8.91. The van der Waals surface area contributed by atoms with Gasteiger partial charge < -0.3 is 9.84 Å². The molecule has 0 spiro atoms. The summed E-state index contributed by atoms with van der Waals surface area (Å²) >= 11 is 1.39. The van der Waals surface area contributed by atoms with Crippen LogP contribution >= 0.6 is 11.3 Å². The number of ether oxygens (including phenoxy) is 1. The number of aliphatic hydroxyl groups is 1. The van der Waals surface area contributed by atoms with E-state index in [0.717, 1.165) is 4.88 Å². The van der Waals surface area contributed by atoms with E-state index in [1.54, 1.807) is 31.2 Å². The average Bonchev–Trinajstić information content (AvgIpc) is 3.23. The van der Waals surface area contributed by atoms with Gasteiger partial charge in [0.15, 0.2) is 11.5 Å². The first-order chi connectivity index (χ1) is 12.5. The standard InChI is InChI=1S/C19H17NO5S/c1-3-25-19(24)12-6-8-13(9-7-12)20-16(14-5-4-10-26-14)15(11(2)21)17(22)18(20)23/h4-10,16,22H,3H2,1-2H3. The molecule has 0 saturated heterocycles. The molecule has 26 heavy (non-hydrogen) atoms. The smallest absolute Gasteiger partial charge is 0.338 e. The molecule has 134 valence electrons. The van der Waals surface area contributed by atoms with Gasteiger partial charge in [0.25, 0.3) is 5.91 Å². The van der Waals surface area contributed by atoms with Crippen LogP contribution in [0.5, 0.6) is 0 Å². The number of anilines is 1. The lowest BCUT2D eigenvalue weighted by molar-refractivity contribution is -0.117. The lowest BCUT2D eigenvalue weighted by Crippen LogP contribution is -2.30. The Bertz CT molecular complexity index is 883. The van der Waals surface area contributed by atoms with Gasteiger partial charge in [-0.15, -0.1) is 11.3 Å². The number of rotatable bonds is 5. The van der Waals surface area contributed by atoms with Gasteiger partial charge in [-0.1, -0.05) is 6.07 Å². The van der Waals surface area contributed by atoms with Crippen molar-refractivity contribution in [3.05, 3.63) is 63.6 Å². The number of thiophene rings is 1. The van der Waals surface area contributed by atoms with Crippen LogP contribution < -0.4 is 4.90 Å². The number of hydrogen-bond acceptors (Lipinski definition) is 6. The minimum Gasteiger partial charge on any atom is -0.503 e. The Labute approximate surface area is 154 Å². The van der Waals surface area contributed by atoms with Crippen LogP contribution in [-0.2, 0) is 14.3 Å². The summed E-state index contributed by atoms with van der Waals surface area (Å²) in [7, 11) is 0. The van der Waals surface area contributed by atoms with Gasteiger partial charge in [0.05, 0.1) is 17.7 Å². The maximum absolute atomic E-state index is 12.6. The molecule has 1 aromatic carbocycles. The number of ketones is 1. The highest BCUT2D eigenvalue weighted by Gasteiger charge is 2.43. The fourth-order valence-corrected chi connectivity index (χ4v) is 3.74. The Morgan fingerprint density at radius 2 is 1.92 bits per heavy atom. The third-order valence-electron chi connectivity index (χ3n) is 4.06. The van der Waals surface area contributed by atoms with Crippen LogP contribution in [0.15, 0.2) is 53.1 Å². The summed E-state index contributed by atoms with van der Waals surface area (Å²) in [5, 5.41) is 12.1. The van der Waals surface area contributed by atoms with Crippen molar-refractivity contribution < 1.29 is 24.2 Å². The van der Waals surface area contributed by atoms with E-state index in [2.05, 4.69) is 0 Å². The van der Waals surface area contributed by atoms with E-state index in [-0.39, 0.29) is 18.0 Å². The first kappa shape index (κ1) is 17.9.